The number of rotatable bonds is 5. The smallest absolute Gasteiger partial charge is 0.349 e. The van der Waals surface area contributed by atoms with Gasteiger partial charge in [0.25, 0.3) is 0 Å². The lowest BCUT2D eigenvalue weighted by Gasteiger charge is -2.01. The van der Waals surface area contributed by atoms with E-state index in [-0.39, 0.29) is 11.5 Å². The molecule has 0 atom stereocenters. The molecule has 5 nitrogen and oxygen atoms in total. The lowest BCUT2D eigenvalue weighted by atomic mass is 10.3. The Labute approximate surface area is 108 Å². The highest BCUT2D eigenvalue weighted by Gasteiger charge is 2.16. The third kappa shape index (κ3) is 2.70. The molecule has 0 aliphatic heterocycles. The second-order valence-electron chi connectivity index (χ2n) is 3.79. The number of carboxylic acid groups (broad SMARTS) is 1. The zero-order valence-corrected chi connectivity index (χ0v) is 10.9. The standard InChI is InChI=1S/C12H13NO4S/c1-3-9-5-10(11(18-9)12(14)15)16-6-8-4-7(2)13-17-8/h4-5H,3,6H2,1-2H3,(H,14,15). The lowest BCUT2D eigenvalue weighted by molar-refractivity contribution is 0.0697. The zero-order valence-electron chi connectivity index (χ0n) is 10.1. The summed E-state index contributed by atoms with van der Waals surface area (Å²) in [4.78, 5) is 12.3. The minimum absolute atomic E-state index is 0.182. The van der Waals surface area contributed by atoms with Crippen molar-refractivity contribution in [2.45, 2.75) is 26.9 Å². The van der Waals surface area contributed by atoms with Crippen LogP contribution < -0.4 is 4.74 Å². The van der Waals surface area contributed by atoms with Crippen LogP contribution in [0.2, 0.25) is 0 Å². The van der Waals surface area contributed by atoms with Crippen LogP contribution in [0.25, 0.3) is 0 Å². The van der Waals surface area contributed by atoms with Crippen LogP contribution in [-0.4, -0.2) is 16.2 Å². The molecule has 6 heteroatoms. The number of hydrogen-bond acceptors (Lipinski definition) is 5. The second kappa shape index (κ2) is 5.22. The topological polar surface area (TPSA) is 72.6 Å². The third-order valence-electron chi connectivity index (χ3n) is 2.34. The fourth-order valence-corrected chi connectivity index (χ4v) is 2.36. The molecule has 0 aromatic carbocycles. The predicted octanol–water partition coefficient (Wildman–Crippen LogP) is 2.88. The summed E-state index contributed by atoms with van der Waals surface area (Å²) in [6.45, 7) is 3.97. The largest absolute Gasteiger partial charge is 0.484 e. The maximum absolute atomic E-state index is 11.1. The summed E-state index contributed by atoms with van der Waals surface area (Å²) < 4.78 is 10.5. The highest BCUT2D eigenvalue weighted by atomic mass is 32.1. The van der Waals surface area contributed by atoms with Crippen molar-refractivity contribution in [2.24, 2.45) is 0 Å². The molecule has 96 valence electrons. The maximum atomic E-state index is 11.1. The maximum Gasteiger partial charge on any atom is 0.349 e. The molecule has 2 aromatic rings. The van der Waals surface area contributed by atoms with Crippen LogP contribution in [0, 0.1) is 6.92 Å². The van der Waals surface area contributed by atoms with Crippen molar-refractivity contribution >= 4 is 17.3 Å². The molecule has 2 aromatic heterocycles. The zero-order chi connectivity index (χ0) is 13.1. The van der Waals surface area contributed by atoms with Gasteiger partial charge in [0, 0.05) is 10.9 Å². The number of ether oxygens (including phenoxy) is 1. The molecule has 18 heavy (non-hydrogen) atoms. The molecule has 0 spiro atoms. The average Bonchev–Trinajstić information content (AvgIpc) is 2.92. The molecule has 0 amide bonds. The number of hydrogen-bond donors (Lipinski definition) is 1. The Kier molecular flexibility index (Phi) is 3.66. The average molecular weight is 267 g/mol. The predicted molar refractivity (Wildman–Crippen MR) is 66.2 cm³/mol. The number of aryl methyl sites for hydroxylation is 2. The lowest BCUT2D eigenvalue weighted by Crippen LogP contribution is -1.99. The van der Waals surface area contributed by atoms with Gasteiger partial charge in [0.1, 0.15) is 12.4 Å². The molecule has 0 unspecified atom stereocenters. The minimum Gasteiger partial charge on any atom is -0.484 e. The van der Waals surface area contributed by atoms with E-state index in [2.05, 4.69) is 5.16 Å². The van der Waals surface area contributed by atoms with E-state index in [1.807, 2.05) is 13.8 Å². The quantitative estimate of drug-likeness (QED) is 0.901. The van der Waals surface area contributed by atoms with Gasteiger partial charge in [-0.15, -0.1) is 11.3 Å². The van der Waals surface area contributed by atoms with Crippen LogP contribution in [-0.2, 0) is 13.0 Å². The molecule has 0 bridgehead atoms. The number of nitrogens with zero attached hydrogens (tertiary/aromatic N) is 1. The summed E-state index contributed by atoms with van der Waals surface area (Å²) in [5.74, 6) is -0.00468. The second-order valence-corrected chi connectivity index (χ2v) is 4.92. The molecular weight excluding hydrogens is 254 g/mol. The summed E-state index contributed by atoms with van der Waals surface area (Å²) in [7, 11) is 0. The van der Waals surface area contributed by atoms with Crippen molar-refractivity contribution in [1.29, 1.82) is 0 Å². The van der Waals surface area contributed by atoms with Crippen molar-refractivity contribution in [1.82, 2.24) is 5.16 Å². The van der Waals surface area contributed by atoms with Gasteiger partial charge in [-0.2, -0.15) is 0 Å². The number of aromatic nitrogens is 1. The Hall–Kier alpha value is -1.82. The molecule has 0 aliphatic rings. The van der Waals surface area contributed by atoms with Crippen molar-refractivity contribution in [2.75, 3.05) is 0 Å². The number of carboxylic acids is 1. The molecule has 0 saturated heterocycles. The van der Waals surface area contributed by atoms with E-state index in [9.17, 15) is 4.79 Å². The van der Waals surface area contributed by atoms with Gasteiger partial charge in [-0.3, -0.25) is 0 Å². The summed E-state index contributed by atoms with van der Waals surface area (Å²) in [5, 5.41) is 12.8. The van der Waals surface area contributed by atoms with Gasteiger partial charge in [0.15, 0.2) is 10.6 Å². The van der Waals surface area contributed by atoms with Crippen molar-refractivity contribution in [3.05, 3.63) is 33.3 Å². The summed E-state index contributed by atoms with van der Waals surface area (Å²) in [6.07, 6.45) is 0.787. The molecular formula is C12H13NO4S. The molecule has 1 N–H and O–H groups in total. The van der Waals surface area contributed by atoms with Crippen LogP contribution in [0.15, 0.2) is 16.7 Å². The normalized spacial score (nSPS) is 10.6. The van der Waals surface area contributed by atoms with Gasteiger partial charge in [-0.05, 0) is 19.4 Å². The van der Waals surface area contributed by atoms with Gasteiger partial charge in [0.2, 0.25) is 0 Å². The highest BCUT2D eigenvalue weighted by molar-refractivity contribution is 7.14. The van der Waals surface area contributed by atoms with E-state index < -0.39 is 5.97 Å². The van der Waals surface area contributed by atoms with Crippen molar-refractivity contribution in [3.8, 4) is 5.75 Å². The Morgan fingerprint density at radius 1 is 1.56 bits per heavy atom. The molecule has 0 fully saturated rings. The van der Waals surface area contributed by atoms with Gasteiger partial charge in [0.05, 0.1) is 5.69 Å². The first-order valence-electron chi connectivity index (χ1n) is 5.51. The Morgan fingerprint density at radius 3 is 2.89 bits per heavy atom. The molecule has 0 saturated carbocycles. The van der Waals surface area contributed by atoms with E-state index in [4.69, 9.17) is 14.4 Å². The first-order valence-corrected chi connectivity index (χ1v) is 6.32. The van der Waals surface area contributed by atoms with Gasteiger partial charge in [-0.1, -0.05) is 12.1 Å². The van der Waals surface area contributed by atoms with Gasteiger partial charge >= 0.3 is 5.97 Å². The van der Waals surface area contributed by atoms with Crippen LogP contribution >= 0.6 is 11.3 Å². The fourth-order valence-electron chi connectivity index (χ4n) is 1.49. The van der Waals surface area contributed by atoms with Gasteiger partial charge in [-0.25, -0.2) is 4.79 Å². The fraction of sp³-hybridized carbons (Fsp3) is 0.333. The Bertz CT molecular complexity index is 558. The summed E-state index contributed by atoms with van der Waals surface area (Å²) in [5.41, 5.74) is 0.770. The highest BCUT2D eigenvalue weighted by Crippen LogP contribution is 2.30. The van der Waals surface area contributed by atoms with E-state index in [1.54, 1.807) is 12.1 Å². The first kappa shape index (κ1) is 12.6. The van der Waals surface area contributed by atoms with E-state index in [1.165, 1.54) is 11.3 Å². The minimum atomic E-state index is -0.969. The van der Waals surface area contributed by atoms with E-state index in [0.717, 1.165) is 17.0 Å². The molecule has 0 aliphatic carbocycles. The van der Waals surface area contributed by atoms with E-state index in [0.29, 0.717) is 11.5 Å². The Morgan fingerprint density at radius 2 is 2.33 bits per heavy atom. The third-order valence-corrected chi connectivity index (χ3v) is 3.59. The summed E-state index contributed by atoms with van der Waals surface area (Å²) >= 11 is 1.24. The van der Waals surface area contributed by atoms with Crippen LogP contribution in [0.3, 0.4) is 0 Å². The van der Waals surface area contributed by atoms with Crippen LogP contribution in [0.4, 0.5) is 0 Å². The summed E-state index contributed by atoms with van der Waals surface area (Å²) in [6, 6.07) is 3.52. The Balaban J connectivity index is 2.12. The molecule has 2 heterocycles. The van der Waals surface area contributed by atoms with Crippen molar-refractivity contribution in [3.63, 3.8) is 0 Å². The SMILES string of the molecule is CCc1cc(OCc2cc(C)no2)c(C(=O)O)s1. The van der Waals surface area contributed by atoms with E-state index >= 15 is 0 Å². The monoisotopic (exact) mass is 267 g/mol. The van der Waals surface area contributed by atoms with Crippen LogP contribution in [0.5, 0.6) is 5.75 Å². The van der Waals surface area contributed by atoms with Crippen LogP contribution in [0.1, 0.15) is 32.9 Å². The number of carbonyl (C=O) groups is 1. The number of thiophene rings is 1. The molecule has 2 rings (SSSR count). The molecule has 0 radical (unpaired) electrons. The van der Waals surface area contributed by atoms with Gasteiger partial charge < -0.3 is 14.4 Å². The van der Waals surface area contributed by atoms with Crippen molar-refractivity contribution < 1.29 is 19.2 Å². The first-order chi connectivity index (χ1) is 8.60. The number of aromatic carboxylic acids is 1.